The van der Waals surface area contributed by atoms with Crippen LogP contribution in [0.25, 0.3) is 0 Å². The van der Waals surface area contributed by atoms with Gasteiger partial charge in [0.1, 0.15) is 0 Å². The maximum Gasteiger partial charge on any atom is 0.224 e. The second-order valence-corrected chi connectivity index (χ2v) is 4.89. The van der Waals surface area contributed by atoms with Crippen LogP contribution in [-0.4, -0.2) is 18.6 Å². The molecule has 0 radical (unpaired) electrons. The zero-order valence-electron chi connectivity index (χ0n) is 10.1. The van der Waals surface area contributed by atoms with E-state index < -0.39 is 0 Å². The molecule has 5 heteroatoms. The summed E-state index contributed by atoms with van der Waals surface area (Å²) >= 11 is 5.79. The number of benzene rings is 1. The predicted molar refractivity (Wildman–Crippen MR) is 72.7 cm³/mol. The van der Waals surface area contributed by atoms with E-state index in [2.05, 4.69) is 5.32 Å². The Morgan fingerprint density at radius 3 is 3.06 bits per heavy atom. The molecule has 4 nitrogen and oxygen atoms in total. The van der Waals surface area contributed by atoms with Crippen LogP contribution in [0.15, 0.2) is 18.2 Å². The van der Waals surface area contributed by atoms with E-state index in [1.807, 2.05) is 0 Å². The minimum Gasteiger partial charge on any atom is -0.397 e. The van der Waals surface area contributed by atoms with E-state index in [1.165, 1.54) is 0 Å². The van der Waals surface area contributed by atoms with E-state index in [0.717, 1.165) is 25.9 Å². The molecule has 1 atom stereocenters. The summed E-state index contributed by atoms with van der Waals surface area (Å²) in [4.78, 5) is 11.8. The third-order valence-electron chi connectivity index (χ3n) is 3.01. The molecule has 1 heterocycles. The number of carbonyl (C=O) groups excluding carboxylic acids is 1. The molecule has 0 aliphatic carbocycles. The first kappa shape index (κ1) is 13.2. The van der Waals surface area contributed by atoms with Crippen molar-refractivity contribution in [2.45, 2.75) is 31.8 Å². The van der Waals surface area contributed by atoms with Crippen molar-refractivity contribution < 1.29 is 9.53 Å². The Morgan fingerprint density at radius 1 is 1.56 bits per heavy atom. The lowest BCUT2D eigenvalue weighted by Crippen LogP contribution is -2.16. The lowest BCUT2D eigenvalue weighted by molar-refractivity contribution is -0.116. The zero-order chi connectivity index (χ0) is 13.0. The van der Waals surface area contributed by atoms with Crippen LogP contribution in [0.3, 0.4) is 0 Å². The fourth-order valence-electron chi connectivity index (χ4n) is 2.02. The molecule has 1 unspecified atom stereocenters. The predicted octanol–water partition coefficient (Wildman–Crippen LogP) is 2.82. The van der Waals surface area contributed by atoms with Crippen molar-refractivity contribution >= 4 is 28.9 Å². The van der Waals surface area contributed by atoms with Crippen LogP contribution in [-0.2, 0) is 9.53 Å². The SMILES string of the molecule is Nc1cc(Cl)ccc1NC(=O)CCC1CCCO1. The smallest absolute Gasteiger partial charge is 0.224 e. The van der Waals surface area contributed by atoms with Gasteiger partial charge in [-0.15, -0.1) is 0 Å². The van der Waals surface area contributed by atoms with Gasteiger partial charge in [0.25, 0.3) is 0 Å². The molecule has 0 saturated carbocycles. The first-order chi connectivity index (χ1) is 8.65. The Bertz CT molecular complexity index is 431. The van der Waals surface area contributed by atoms with Gasteiger partial charge >= 0.3 is 0 Å². The number of rotatable bonds is 4. The van der Waals surface area contributed by atoms with Gasteiger partial charge in [-0.1, -0.05) is 11.6 Å². The number of anilines is 2. The standard InChI is InChI=1S/C13H17ClN2O2/c14-9-3-5-12(11(15)8-9)16-13(17)6-4-10-2-1-7-18-10/h3,5,8,10H,1-2,4,6-7,15H2,(H,16,17). The van der Waals surface area contributed by atoms with Crippen LogP contribution in [0.4, 0.5) is 11.4 Å². The van der Waals surface area contributed by atoms with Crippen molar-refractivity contribution in [1.82, 2.24) is 0 Å². The summed E-state index contributed by atoms with van der Waals surface area (Å²) in [5.41, 5.74) is 6.85. The van der Waals surface area contributed by atoms with E-state index >= 15 is 0 Å². The van der Waals surface area contributed by atoms with Gasteiger partial charge in [0.05, 0.1) is 17.5 Å². The quantitative estimate of drug-likeness (QED) is 0.826. The topological polar surface area (TPSA) is 64.3 Å². The number of nitrogens with two attached hydrogens (primary N) is 1. The second-order valence-electron chi connectivity index (χ2n) is 4.45. The lowest BCUT2D eigenvalue weighted by atomic mass is 10.1. The summed E-state index contributed by atoms with van der Waals surface area (Å²) in [6, 6.07) is 5.03. The van der Waals surface area contributed by atoms with Crippen molar-refractivity contribution in [2.24, 2.45) is 0 Å². The average Bonchev–Trinajstić information content (AvgIpc) is 2.83. The van der Waals surface area contributed by atoms with E-state index in [1.54, 1.807) is 18.2 Å². The van der Waals surface area contributed by atoms with Gasteiger partial charge in [-0.3, -0.25) is 4.79 Å². The molecular weight excluding hydrogens is 252 g/mol. The number of carbonyl (C=O) groups is 1. The fraction of sp³-hybridized carbons (Fsp3) is 0.462. The molecule has 0 spiro atoms. The third-order valence-corrected chi connectivity index (χ3v) is 3.24. The van der Waals surface area contributed by atoms with Crippen molar-refractivity contribution in [3.63, 3.8) is 0 Å². The highest BCUT2D eigenvalue weighted by atomic mass is 35.5. The van der Waals surface area contributed by atoms with Crippen molar-refractivity contribution in [1.29, 1.82) is 0 Å². The van der Waals surface area contributed by atoms with Gasteiger partial charge in [-0.05, 0) is 37.5 Å². The number of hydrogen-bond acceptors (Lipinski definition) is 3. The van der Waals surface area contributed by atoms with Crippen molar-refractivity contribution in [3.05, 3.63) is 23.2 Å². The Labute approximate surface area is 111 Å². The third kappa shape index (κ3) is 3.62. The van der Waals surface area contributed by atoms with Crippen LogP contribution >= 0.6 is 11.6 Å². The van der Waals surface area contributed by atoms with Gasteiger partial charge in [0.2, 0.25) is 5.91 Å². The van der Waals surface area contributed by atoms with Gasteiger partial charge < -0.3 is 15.8 Å². The van der Waals surface area contributed by atoms with Gasteiger partial charge in [0, 0.05) is 18.1 Å². The number of amides is 1. The van der Waals surface area contributed by atoms with E-state index in [0.29, 0.717) is 22.8 Å². The number of hydrogen-bond donors (Lipinski definition) is 2. The van der Waals surface area contributed by atoms with Crippen molar-refractivity contribution in [3.8, 4) is 0 Å². The molecule has 0 aromatic heterocycles. The maximum atomic E-state index is 11.8. The summed E-state index contributed by atoms with van der Waals surface area (Å²) in [7, 11) is 0. The molecule has 1 aromatic rings. The molecule has 1 aromatic carbocycles. The maximum absolute atomic E-state index is 11.8. The summed E-state index contributed by atoms with van der Waals surface area (Å²) < 4.78 is 5.47. The minimum atomic E-state index is -0.0421. The summed E-state index contributed by atoms with van der Waals surface area (Å²) in [6.45, 7) is 0.816. The largest absolute Gasteiger partial charge is 0.397 e. The summed E-state index contributed by atoms with van der Waals surface area (Å²) in [6.07, 6.45) is 3.59. The van der Waals surface area contributed by atoms with Crippen LogP contribution in [0, 0.1) is 0 Å². The highest BCUT2D eigenvalue weighted by molar-refractivity contribution is 6.31. The molecule has 3 N–H and O–H groups in total. The Morgan fingerprint density at radius 2 is 2.39 bits per heavy atom. The highest BCUT2D eigenvalue weighted by Crippen LogP contribution is 2.23. The zero-order valence-corrected chi connectivity index (χ0v) is 10.9. The molecule has 2 rings (SSSR count). The Balaban J connectivity index is 1.82. The molecule has 1 aliphatic heterocycles. The molecule has 98 valence electrons. The summed E-state index contributed by atoms with van der Waals surface area (Å²) in [5, 5.41) is 3.34. The Kier molecular flexibility index (Phi) is 4.44. The molecule has 1 fully saturated rings. The molecule has 0 bridgehead atoms. The van der Waals surface area contributed by atoms with E-state index in [-0.39, 0.29) is 12.0 Å². The van der Waals surface area contributed by atoms with E-state index in [4.69, 9.17) is 22.1 Å². The van der Waals surface area contributed by atoms with Crippen LogP contribution in [0.2, 0.25) is 5.02 Å². The van der Waals surface area contributed by atoms with Crippen molar-refractivity contribution in [2.75, 3.05) is 17.7 Å². The number of halogens is 1. The monoisotopic (exact) mass is 268 g/mol. The molecule has 1 amide bonds. The van der Waals surface area contributed by atoms with E-state index in [9.17, 15) is 4.79 Å². The summed E-state index contributed by atoms with van der Waals surface area (Å²) in [5.74, 6) is -0.0421. The fourth-order valence-corrected chi connectivity index (χ4v) is 2.20. The number of ether oxygens (including phenoxy) is 1. The molecule has 1 saturated heterocycles. The van der Waals surface area contributed by atoms with Gasteiger partial charge in [-0.2, -0.15) is 0 Å². The number of nitrogen functional groups attached to an aromatic ring is 1. The first-order valence-electron chi connectivity index (χ1n) is 6.11. The van der Waals surface area contributed by atoms with Crippen LogP contribution in [0.1, 0.15) is 25.7 Å². The normalized spacial score (nSPS) is 18.8. The number of nitrogens with one attached hydrogen (secondary N) is 1. The lowest BCUT2D eigenvalue weighted by Gasteiger charge is -2.10. The molecular formula is C13H17ClN2O2. The Hall–Kier alpha value is -1.26. The highest BCUT2D eigenvalue weighted by Gasteiger charge is 2.16. The second kappa shape index (κ2) is 6.07. The molecule has 1 aliphatic rings. The minimum absolute atomic E-state index is 0.0421. The van der Waals surface area contributed by atoms with Gasteiger partial charge in [-0.25, -0.2) is 0 Å². The molecule has 18 heavy (non-hydrogen) atoms. The average molecular weight is 269 g/mol. The van der Waals surface area contributed by atoms with Gasteiger partial charge in [0.15, 0.2) is 0 Å². The first-order valence-corrected chi connectivity index (χ1v) is 6.49. The van der Waals surface area contributed by atoms with Crippen LogP contribution in [0.5, 0.6) is 0 Å². The van der Waals surface area contributed by atoms with Crippen LogP contribution < -0.4 is 11.1 Å².